The van der Waals surface area contributed by atoms with Gasteiger partial charge >= 0.3 is 0 Å². The minimum absolute atomic E-state index is 0.0825. The van der Waals surface area contributed by atoms with Gasteiger partial charge in [-0.2, -0.15) is 0 Å². The zero-order valence-electron chi connectivity index (χ0n) is 7.32. The van der Waals surface area contributed by atoms with Gasteiger partial charge in [0.15, 0.2) is 5.03 Å². The molecule has 0 saturated heterocycles. The van der Waals surface area contributed by atoms with E-state index in [1.165, 1.54) is 0 Å². The predicted octanol–water partition coefficient (Wildman–Crippen LogP) is 1.41. The number of hydrogen-bond acceptors (Lipinski definition) is 3. The van der Waals surface area contributed by atoms with E-state index >= 15 is 0 Å². The van der Waals surface area contributed by atoms with Crippen LogP contribution in [0.4, 0.5) is 8.78 Å². The Bertz CT molecular complexity index is 464. The summed E-state index contributed by atoms with van der Waals surface area (Å²) in [7, 11) is -4.07. The number of pyridine rings is 1. The van der Waals surface area contributed by atoms with E-state index < -0.39 is 27.0 Å². The summed E-state index contributed by atoms with van der Waals surface area (Å²) >= 11 is 5.39. The van der Waals surface area contributed by atoms with Gasteiger partial charge in [0.25, 0.3) is 16.4 Å². The molecule has 0 aliphatic carbocycles. The molecule has 0 unspecified atom stereocenters. The molecule has 0 bridgehead atoms. The van der Waals surface area contributed by atoms with E-state index in [4.69, 9.17) is 16.7 Å². The van der Waals surface area contributed by atoms with Crippen LogP contribution in [0.5, 0.6) is 0 Å². The molecule has 0 spiro atoms. The molecule has 0 aromatic carbocycles. The zero-order chi connectivity index (χ0) is 11.6. The number of halogens is 3. The van der Waals surface area contributed by atoms with Gasteiger partial charge < -0.3 is 0 Å². The van der Waals surface area contributed by atoms with Crippen LogP contribution in [0.25, 0.3) is 0 Å². The molecule has 2 N–H and O–H groups in total. The lowest BCUT2D eigenvalue weighted by molar-refractivity contribution is 0.150. The molecule has 1 heterocycles. The highest BCUT2D eigenvalue weighted by molar-refractivity contribution is 7.89. The maximum atomic E-state index is 12.5. The number of nitrogens with two attached hydrogens (primary N) is 1. The van der Waals surface area contributed by atoms with E-state index in [9.17, 15) is 17.2 Å². The first kappa shape index (κ1) is 12.3. The highest BCUT2D eigenvalue weighted by atomic mass is 35.5. The molecule has 1 aromatic heterocycles. The van der Waals surface area contributed by atoms with Crippen molar-refractivity contribution in [3.8, 4) is 0 Å². The topological polar surface area (TPSA) is 73.1 Å². The quantitative estimate of drug-likeness (QED) is 0.831. The molecular weight excluding hydrogens is 250 g/mol. The Morgan fingerprint density at radius 3 is 2.53 bits per heavy atom. The third-order valence-electron chi connectivity index (χ3n) is 1.67. The van der Waals surface area contributed by atoms with Crippen molar-refractivity contribution < 1.29 is 17.2 Å². The van der Waals surface area contributed by atoms with Crippen LogP contribution in [-0.4, -0.2) is 13.4 Å². The first-order valence-electron chi connectivity index (χ1n) is 3.72. The lowest BCUT2D eigenvalue weighted by Crippen LogP contribution is -2.14. The van der Waals surface area contributed by atoms with Crippen LogP contribution < -0.4 is 5.14 Å². The molecule has 0 amide bonds. The standard InChI is InChI=1S/C7H7ClF2N2O2S/c8-2-4-3-12-6(15(11,13)14)1-5(4)7(9)10/h1,3,7H,2H2,(H2,11,13,14). The summed E-state index contributed by atoms with van der Waals surface area (Å²) in [4.78, 5) is 3.43. The molecule has 4 nitrogen and oxygen atoms in total. The Kier molecular flexibility index (Phi) is 3.58. The number of nitrogens with zero attached hydrogens (tertiary/aromatic N) is 1. The van der Waals surface area contributed by atoms with Gasteiger partial charge in [-0.05, 0) is 11.6 Å². The second-order valence-corrected chi connectivity index (χ2v) is 4.48. The minimum atomic E-state index is -4.07. The summed E-state index contributed by atoms with van der Waals surface area (Å²) in [6, 6.07) is 0.734. The second kappa shape index (κ2) is 4.38. The van der Waals surface area contributed by atoms with E-state index in [1.54, 1.807) is 0 Å². The molecule has 0 atom stereocenters. The molecule has 0 aliphatic rings. The lowest BCUT2D eigenvalue weighted by Gasteiger charge is -2.06. The van der Waals surface area contributed by atoms with Crippen LogP contribution in [0, 0.1) is 0 Å². The summed E-state index contributed by atoms with van der Waals surface area (Å²) < 4.78 is 46.6. The SMILES string of the molecule is NS(=O)(=O)c1cc(C(F)F)c(CCl)cn1. The van der Waals surface area contributed by atoms with Crippen LogP contribution in [0.3, 0.4) is 0 Å². The molecule has 1 rings (SSSR count). The van der Waals surface area contributed by atoms with Gasteiger partial charge in [-0.25, -0.2) is 27.3 Å². The van der Waals surface area contributed by atoms with E-state index in [0.717, 1.165) is 12.3 Å². The van der Waals surface area contributed by atoms with Crippen molar-refractivity contribution in [3.05, 3.63) is 23.4 Å². The fourth-order valence-corrected chi connectivity index (χ4v) is 1.66. The largest absolute Gasteiger partial charge is 0.264 e. The lowest BCUT2D eigenvalue weighted by atomic mass is 10.2. The van der Waals surface area contributed by atoms with Crippen molar-refractivity contribution in [2.75, 3.05) is 0 Å². The number of rotatable bonds is 3. The van der Waals surface area contributed by atoms with Gasteiger partial charge in [0.1, 0.15) is 0 Å². The van der Waals surface area contributed by atoms with Gasteiger partial charge in [0.2, 0.25) is 0 Å². The Balaban J connectivity index is 3.35. The first-order valence-corrected chi connectivity index (χ1v) is 5.80. The maximum absolute atomic E-state index is 12.5. The Hall–Kier alpha value is -0.790. The summed E-state index contributed by atoms with van der Waals surface area (Å²) in [6.45, 7) is 0. The van der Waals surface area contributed by atoms with Crippen LogP contribution in [0.2, 0.25) is 0 Å². The highest BCUT2D eigenvalue weighted by Crippen LogP contribution is 2.25. The molecule has 0 fully saturated rings. The zero-order valence-corrected chi connectivity index (χ0v) is 8.89. The molecule has 8 heteroatoms. The second-order valence-electron chi connectivity index (χ2n) is 2.70. The third-order valence-corrected chi connectivity index (χ3v) is 2.76. The molecule has 84 valence electrons. The normalized spacial score (nSPS) is 12.1. The van der Waals surface area contributed by atoms with Crippen molar-refractivity contribution in [2.45, 2.75) is 17.3 Å². The van der Waals surface area contributed by atoms with Gasteiger partial charge in [-0.15, -0.1) is 11.6 Å². The van der Waals surface area contributed by atoms with Crippen LogP contribution in [-0.2, 0) is 15.9 Å². The molecular formula is C7H7ClF2N2O2S. The van der Waals surface area contributed by atoms with Crippen molar-refractivity contribution in [2.24, 2.45) is 5.14 Å². The van der Waals surface area contributed by atoms with Crippen LogP contribution in [0.1, 0.15) is 17.6 Å². The summed E-state index contributed by atoms with van der Waals surface area (Å²) in [5.41, 5.74) is -0.386. The number of sulfonamides is 1. The van der Waals surface area contributed by atoms with E-state index in [0.29, 0.717) is 0 Å². The summed E-state index contributed by atoms with van der Waals surface area (Å²) in [5, 5.41) is 4.16. The van der Waals surface area contributed by atoms with Crippen molar-refractivity contribution in [3.63, 3.8) is 0 Å². The predicted molar refractivity (Wildman–Crippen MR) is 50.1 cm³/mol. The Labute approximate surface area is 90.1 Å². The van der Waals surface area contributed by atoms with Crippen LogP contribution in [0.15, 0.2) is 17.3 Å². The molecule has 1 aromatic rings. The molecule has 0 aliphatic heterocycles. The fourth-order valence-electron chi connectivity index (χ4n) is 0.949. The molecule has 15 heavy (non-hydrogen) atoms. The third kappa shape index (κ3) is 2.83. The Morgan fingerprint density at radius 2 is 2.13 bits per heavy atom. The smallest absolute Gasteiger partial charge is 0.243 e. The molecule has 0 saturated carbocycles. The molecule has 0 radical (unpaired) electrons. The summed E-state index contributed by atoms with van der Waals surface area (Å²) in [5.74, 6) is -0.169. The summed E-state index contributed by atoms with van der Waals surface area (Å²) in [6.07, 6.45) is -1.84. The highest BCUT2D eigenvalue weighted by Gasteiger charge is 2.18. The van der Waals surface area contributed by atoms with Gasteiger partial charge in [0, 0.05) is 17.6 Å². The van der Waals surface area contributed by atoms with Gasteiger partial charge in [-0.3, -0.25) is 0 Å². The number of aromatic nitrogens is 1. The fraction of sp³-hybridized carbons (Fsp3) is 0.286. The van der Waals surface area contributed by atoms with Gasteiger partial charge in [-0.1, -0.05) is 0 Å². The maximum Gasteiger partial charge on any atom is 0.264 e. The average Bonchev–Trinajstić information content (AvgIpc) is 2.15. The Morgan fingerprint density at radius 1 is 1.53 bits per heavy atom. The average molecular weight is 257 g/mol. The van der Waals surface area contributed by atoms with E-state index in [1.807, 2.05) is 0 Å². The van der Waals surface area contributed by atoms with Gasteiger partial charge in [0.05, 0.1) is 0 Å². The minimum Gasteiger partial charge on any atom is -0.243 e. The van der Waals surface area contributed by atoms with E-state index in [-0.39, 0.29) is 11.4 Å². The van der Waals surface area contributed by atoms with Crippen molar-refractivity contribution in [1.29, 1.82) is 0 Å². The van der Waals surface area contributed by atoms with Crippen molar-refractivity contribution >= 4 is 21.6 Å². The van der Waals surface area contributed by atoms with Crippen LogP contribution >= 0.6 is 11.6 Å². The monoisotopic (exact) mass is 256 g/mol. The van der Waals surface area contributed by atoms with E-state index in [2.05, 4.69) is 4.98 Å². The number of hydrogen-bond donors (Lipinski definition) is 1. The number of alkyl halides is 3. The number of primary sulfonamides is 1. The first-order chi connectivity index (χ1) is 6.86. The van der Waals surface area contributed by atoms with Crippen molar-refractivity contribution in [1.82, 2.24) is 4.98 Å².